The molecule has 0 saturated carbocycles. The van der Waals surface area contributed by atoms with E-state index in [4.69, 9.17) is 19.8 Å². The number of nitrogens with zero attached hydrogens (tertiary/aromatic N) is 7. The second-order valence-corrected chi connectivity index (χ2v) is 10.6. The van der Waals surface area contributed by atoms with Crippen molar-refractivity contribution in [3.05, 3.63) is 84.9 Å². The number of rotatable bonds is 9. The Kier molecular flexibility index (Phi) is 15.2. The van der Waals surface area contributed by atoms with E-state index in [0.717, 1.165) is 87.2 Å². The van der Waals surface area contributed by atoms with Crippen LogP contribution in [0.2, 0.25) is 0 Å². The van der Waals surface area contributed by atoms with Crippen LogP contribution < -0.4 is 10.2 Å². The van der Waals surface area contributed by atoms with Gasteiger partial charge in [-0.3, -0.25) is 4.90 Å². The minimum Gasteiger partial charge on any atom is -0.371 e. The summed E-state index contributed by atoms with van der Waals surface area (Å²) in [5.74, 6) is 2.17. The summed E-state index contributed by atoms with van der Waals surface area (Å²) in [5, 5.41) is 11.1. The third-order valence-electron chi connectivity index (χ3n) is 7.56. The number of hydrogen-bond acceptors (Lipinski definition) is 10. The van der Waals surface area contributed by atoms with Gasteiger partial charge in [0, 0.05) is 87.6 Å². The van der Waals surface area contributed by atoms with Crippen LogP contribution in [0.5, 0.6) is 0 Å². The molecule has 10 heteroatoms. The maximum atomic E-state index is 8.00. The quantitative estimate of drug-likeness (QED) is 0.401. The molecule has 10 nitrogen and oxygen atoms in total. The number of hydrogen-bond donors (Lipinski definition) is 1. The molecule has 1 N–H and O–H groups in total. The topological polar surface area (TPSA) is 109 Å². The Labute approximate surface area is 262 Å². The van der Waals surface area contributed by atoms with Crippen LogP contribution in [-0.2, 0) is 16.1 Å². The number of allylic oxidation sites excluding steroid dienone is 2. The Hall–Kier alpha value is -4.59. The summed E-state index contributed by atoms with van der Waals surface area (Å²) in [7, 11) is 2.19. The molecule has 0 spiro atoms. The van der Waals surface area contributed by atoms with Gasteiger partial charge in [-0.1, -0.05) is 38.8 Å². The molecule has 1 aromatic carbocycles. The van der Waals surface area contributed by atoms with Crippen LogP contribution >= 0.6 is 0 Å². The number of anilines is 3. The predicted molar refractivity (Wildman–Crippen MR) is 179 cm³/mol. The predicted octanol–water partition coefficient (Wildman–Crippen LogP) is 4.89. The zero-order valence-corrected chi connectivity index (χ0v) is 26.2. The van der Waals surface area contributed by atoms with E-state index in [1.807, 2.05) is 51.0 Å². The summed E-state index contributed by atoms with van der Waals surface area (Å²) in [5.41, 5.74) is 5.31. The van der Waals surface area contributed by atoms with Crippen LogP contribution in [0.3, 0.4) is 0 Å². The van der Waals surface area contributed by atoms with E-state index in [-0.39, 0.29) is 0 Å². The van der Waals surface area contributed by atoms with Crippen LogP contribution in [0.25, 0.3) is 6.08 Å². The number of likely N-dealkylation sites (tertiary alicyclic amines) is 1. The molecule has 0 radical (unpaired) electrons. The molecule has 1 aromatic heterocycles. The largest absolute Gasteiger partial charge is 0.371 e. The molecule has 0 atom stereocenters. The van der Waals surface area contributed by atoms with Gasteiger partial charge in [0.1, 0.15) is 19.4 Å². The summed E-state index contributed by atoms with van der Waals surface area (Å²) in [6.45, 7) is 26.3. The number of aromatic nitrogens is 2. The summed E-state index contributed by atoms with van der Waals surface area (Å²) in [4.78, 5) is 34.9. The molecule has 2 saturated heterocycles. The number of nitriles is 1. The van der Waals surface area contributed by atoms with Gasteiger partial charge in [-0.05, 0) is 55.3 Å². The number of fused-ring (bicyclic) bond motifs is 1. The van der Waals surface area contributed by atoms with Crippen molar-refractivity contribution in [3.63, 3.8) is 0 Å². The van der Waals surface area contributed by atoms with Crippen LogP contribution in [0.1, 0.15) is 30.9 Å². The lowest BCUT2D eigenvalue weighted by atomic mass is 9.95. The van der Waals surface area contributed by atoms with E-state index >= 15 is 0 Å². The van der Waals surface area contributed by atoms with Crippen molar-refractivity contribution in [2.24, 2.45) is 5.92 Å². The first-order valence-electron chi connectivity index (χ1n) is 14.7. The highest BCUT2D eigenvalue weighted by Gasteiger charge is 2.28. The molecule has 0 aliphatic carbocycles. The Bertz CT molecular complexity index is 1300. The van der Waals surface area contributed by atoms with Gasteiger partial charge in [0.25, 0.3) is 0 Å². The highest BCUT2D eigenvalue weighted by molar-refractivity contribution is 5.74. The van der Waals surface area contributed by atoms with Gasteiger partial charge in [-0.25, -0.2) is 4.98 Å². The molecule has 0 bridgehead atoms. The number of nitrogens with one attached hydrogen (secondary N) is 1. The van der Waals surface area contributed by atoms with Crippen molar-refractivity contribution in [1.82, 2.24) is 24.7 Å². The maximum absolute atomic E-state index is 8.00. The van der Waals surface area contributed by atoms with Crippen LogP contribution in [-0.4, -0.2) is 91.1 Å². The molecule has 44 heavy (non-hydrogen) atoms. The highest BCUT2D eigenvalue weighted by Crippen LogP contribution is 2.31. The third kappa shape index (κ3) is 10.3. The minimum atomic E-state index is 0.607. The van der Waals surface area contributed by atoms with E-state index in [9.17, 15) is 0 Å². The van der Waals surface area contributed by atoms with E-state index in [2.05, 4.69) is 81.0 Å². The number of piperazine rings is 1. The first kappa shape index (κ1) is 35.6. The van der Waals surface area contributed by atoms with E-state index < -0.39 is 0 Å². The van der Waals surface area contributed by atoms with Crippen molar-refractivity contribution in [2.75, 3.05) is 63.1 Å². The normalized spacial score (nSPS) is 15.9. The smallest absolute Gasteiger partial charge is 0.229 e. The fraction of sp³-hybridized carbons (Fsp3) is 0.382. The highest BCUT2D eigenvalue weighted by atomic mass is 16.1. The lowest BCUT2D eigenvalue weighted by Crippen LogP contribution is -2.46. The summed E-state index contributed by atoms with van der Waals surface area (Å²) in [6, 6.07) is 10.5. The molecule has 0 unspecified atom stereocenters. The molecule has 234 valence electrons. The fourth-order valence-electron chi connectivity index (χ4n) is 5.01. The minimum absolute atomic E-state index is 0.607. The SMILES string of the molecule is C=CC(=C)N1CC(CCN2C(=C)C=Cc3cnc(Nc4cccc(CN5CCN(C)CC5)c4)nc32)C1.C=O.C=O.CCC#N. The van der Waals surface area contributed by atoms with Crippen LogP contribution in [0.4, 0.5) is 17.5 Å². The average Bonchev–Trinajstić information content (AvgIpc) is 3.04. The molecular weight excluding hydrogens is 552 g/mol. The van der Waals surface area contributed by atoms with Gasteiger partial charge in [0.15, 0.2) is 0 Å². The van der Waals surface area contributed by atoms with E-state index in [1.165, 1.54) is 5.56 Å². The molecule has 5 rings (SSSR count). The number of carbonyl (C=O) groups is 2. The van der Waals surface area contributed by atoms with Gasteiger partial charge >= 0.3 is 0 Å². The molecule has 0 amide bonds. The van der Waals surface area contributed by atoms with Crippen molar-refractivity contribution < 1.29 is 9.59 Å². The van der Waals surface area contributed by atoms with Crippen molar-refractivity contribution in [1.29, 1.82) is 5.26 Å². The van der Waals surface area contributed by atoms with Crippen molar-refractivity contribution in [2.45, 2.75) is 26.3 Å². The second kappa shape index (κ2) is 18.8. The Morgan fingerprint density at radius 2 is 1.82 bits per heavy atom. The first-order chi connectivity index (χ1) is 21.4. The average molecular weight is 599 g/mol. The molecule has 4 heterocycles. The van der Waals surface area contributed by atoms with Gasteiger partial charge in [0.2, 0.25) is 5.95 Å². The number of carbonyl (C=O) groups excluding carboxylic acids is 2. The van der Waals surface area contributed by atoms with E-state index in [1.54, 1.807) is 0 Å². The molecule has 2 aromatic rings. The Balaban J connectivity index is 0.000000768. The van der Waals surface area contributed by atoms with Crippen LogP contribution in [0, 0.1) is 17.2 Å². The third-order valence-corrected chi connectivity index (χ3v) is 7.56. The standard InChI is InChI=1S/C29H37N7.C3H5N.2CH2O/c1-5-22(2)35-20-25(21-35)11-12-36-23(3)9-10-26-18-30-29(32-28(26)36)31-27-8-6-7-24(17-27)19-34-15-13-33(4)14-16-34;1-2-3-4;2*1-2/h5-10,17-18,25H,1-3,11-16,19-21H2,4H3,(H,30,31,32);2H2,1H3;2*1H2. The summed E-state index contributed by atoms with van der Waals surface area (Å²) in [6.07, 6.45) is 9.53. The first-order valence-corrected chi connectivity index (χ1v) is 14.7. The Morgan fingerprint density at radius 1 is 1.14 bits per heavy atom. The number of benzene rings is 1. The van der Waals surface area contributed by atoms with Crippen LogP contribution in [0.15, 0.2) is 73.7 Å². The lowest BCUT2D eigenvalue weighted by Gasteiger charge is -2.42. The molecule has 2 fully saturated rings. The van der Waals surface area contributed by atoms with E-state index in [0.29, 0.717) is 18.3 Å². The summed E-state index contributed by atoms with van der Waals surface area (Å²) >= 11 is 0. The maximum Gasteiger partial charge on any atom is 0.229 e. The zero-order chi connectivity index (χ0) is 32.5. The van der Waals surface area contributed by atoms with Crippen molar-refractivity contribution >= 4 is 37.1 Å². The summed E-state index contributed by atoms with van der Waals surface area (Å²) < 4.78 is 0. The zero-order valence-electron chi connectivity index (χ0n) is 26.2. The second-order valence-electron chi connectivity index (χ2n) is 10.6. The molecule has 3 aliphatic heterocycles. The van der Waals surface area contributed by atoms with Gasteiger partial charge in [-0.2, -0.15) is 10.2 Å². The van der Waals surface area contributed by atoms with Gasteiger partial charge < -0.3 is 29.6 Å². The molecule has 3 aliphatic rings. The monoisotopic (exact) mass is 598 g/mol. The Morgan fingerprint density at radius 3 is 2.45 bits per heavy atom. The number of likely N-dealkylation sites (N-methyl/N-ethyl adjacent to an activating group) is 1. The van der Waals surface area contributed by atoms with Gasteiger partial charge in [0.05, 0.1) is 6.07 Å². The van der Waals surface area contributed by atoms with Crippen molar-refractivity contribution in [3.8, 4) is 6.07 Å². The molecular formula is C34H46N8O2. The fourth-order valence-corrected chi connectivity index (χ4v) is 5.01. The lowest BCUT2D eigenvalue weighted by molar-refractivity contribution is -0.0987. The van der Waals surface area contributed by atoms with Gasteiger partial charge in [-0.15, -0.1) is 0 Å².